The minimum absolute atomic E-state index is 0.00219. The van der Waals surface area contributed by atoms with E-state index in [4.69, 9.17) is 9.84 Å². The van der Waals surface area contributed by atoms with Gasteiger partial charge in [0.25, 0.3) is 0 Å². The van der Waals surface area contributed by atoms with Crippen LogP contribution in [0.3, 0.4) is 0 Å². The number of aromatic carboxylic acids is 1. The summed E-state index contributed by atoms with van der Waals surface area (Å²) >= 11 is 1.21. The minimum atomic E-state index is -1.06. The van der Waals surface area contributed by atoms with Gasteiger partial charge in [0.05, 0.1) is 12.6 Å². The second-order valence-electron chi connectivity index (χ2n) is 4.67. The number of rotatable bonds is 9. The van der Waals surface area contributed by atoms with Gasteiger partial charge >= 0.3 is 12.0 Å². The average molecular weight is 315 g/mol. The van der Waals surface area contributed by atoms with E-state index >= 15 is 0 Å². The first-order valence-corrected chi connectivity index (χ1v) is 7.68. The van der Waals surface area contributed by atoms with E-state index in [1.54, 1.807) is 0 Å². The molecular weight excluding hydrogens is 294 g/mol. The number of ether oxygens (including phenoxy) is 1. The molecule has 0 saturated heterocycles. The first kappa shape index (κ1) is 17.4. The molecule has 21 heavy (non-hydrogen) atoms. The van der Waals surface area contributed by atoms with E-state index in [9.17, 15) is 9.59 Å². The summed E-state index contributed by atoms with van der Waals surface area (Å²) in [4.78, 5) is 26.0. The third-order valence-corrected chi connectivity index (χ3v) is 3.33. The molecule has 0 fully saturated rings. The van der Waals surface area contributed by atoms with Gasteiger partial charge in [0.2, 0.25) is 0 Å². The Balaban J connectivity index is 2.09. The lowest BCUT2D eigenvalue weighted by Crippen LogP contribution is -2.35. The number of nitrogens with one attached hydrogen (secondary N) is 2. The fourth-order valence-electron chi connectivity index (χ4n) is 1.46. The van der Waals surface area contributed by atoms with Crippen LogP contribution in [0.15, 0.2) is 5.38 Å². The fourth-order valence-corrected chi connectivity index (χ4v) is 2.16. The Hall–Kier alpha value is -1.67. The summed E-state index contributed by atoms with van der Waals surface area (Å²) in [6.07, 6.45) is 1.98. The van der Waals surface area contributed by atoms with Crippen molar-refractivity contribution in [1.29, 1.82) is 0 Å². The Morgan fingerprint density at radius 1 is 1.38 bits per heavy atom. The molecule has 0 atom stereocenters. The smallest absolute Gasteiger partial charge is 0.355 e. The van der Waals surface area contributed by atoms with Gasteiger partial charge in [0.1, 0.15) is 5.01 Å². The lowest BCUT2D eigenvalue weighted by molar-refractivity contribution is 0.0691. The van der Waals surface area contributed by atoms with Crippen molar-refractivity contribution in [2.24, 2.45) is 0 Å². The zero-order valence-corrected chi connectivity index (χ0v) is 13.0. The molecule has 1 aromatic heterocycles. The molecule has 3 N–H and O–H groups in total. The van der Waals surface area contributed by atoms with Crippen molar-refractivity contribution in [3.8, 4) is 0 Å². The Labute approximate surface area is 127 Å². The number of thiazole rings is 1. The molecule has 1 heterocycles. The number of carboxylic acid groups (broad SMARTS) is 1. The van der Waals surface area contributed by atoms with Crippen LogP contribution < -0.4 is 10.6 Å². The molecule has 0 aliphatic carbocycles. The van der Waals surface area contributed by atoms with Crippen LogP contribution >= 0.6 is 11.3 Å². The summed E-state index contributed by atoms with van der Waals surface area (Å²) in [6, 6.07) is -0.285. The van der Waals surface area contributed by atoms with Crippen molar-refractivity contribution in [2.45, 2.75) is 39.3 Å². The van der Waals surface area contributed by atoms with Gasteiger partial charge in [-0.15, -0.1) is 11.3 Å². The zero-order chi connectivity index (χ0) is 15.7. The van der Waals surface area contributed by atoms with E-state index in [1.165, 1.54) is 16.7 Å². The van der Waals surface area contributed by atoms with E-state index < -0.39 is 5.97 Å². The number of carboxylic acids is 1. The van der Waals surface area contributed by atoms with Crippen LogP contribution in [0.2, 0.25) is 0 Å². The van der Waals surface area contributed by atoms with E-state index in [0.29, 0.717) is 18.2 Å². The van der Waals surface area contributed by atoms with Crippen molar-refractivity contribution in [3.05, 3.63) is 16.1 Å². The lowest BCUT2D eigenvalue weighted by atomic mass is 10.3. The van der Waals surface area contributed by atoms with E-state index in [-0.39, 0.29) is 24.4 Å². The van der Waals surface area contributed by atoms with Crippen LogP contribution in [0.1, 0.15) is 42.2 Å². The van der Waals surface area contributed by atoms with Gasteiger partial charge in [-0.05, 0) is 26.7 Å². The maximum atomic E-state index is 11.5. The number of carbonyl (C=O) groups is 2. The molecule has 0 radical (unpaired) electrons. The van der Waals surface area contributed by atoms with Crippen LogP contribution in [0, 0.1) is 0 Å². The van der Waals surface area contributed by atoms with Gasteiger partial charge in [-0.2, -0.15) is 0 Å². The van der Waals surface area contributed by atoms with Crippen molar-refractivity contribution < 1.29 is 19.4 Å². The van der Waals surface area contributed by atoms with E-state index in [2.05, 4.69) is 15.6 Å². The molecule has 0 aliphatic heterocycles. The molecular formula is C13H21N3O4S. The topological polar surface area (TPSA) is 101 Å². The molecule has 1 aromatic rings. The van der Waals surface area contributed by atoms with Crippen LogP contribution in [0.4, 0.5) is 4.79 Å². The standard InChI is InChI=1S/C13H21N3O4S/c1-9(2)20-6-4-3-5-14-13(19)15-7-11-16-10(8-21-11)12(17)18/h8-9H,3-7H2,1-2H3,(H,17,18)(H2,14,15,19). The average Bonchev–Trinajstić information content (AvgIpc) is 2.89. The second-order valence-corrected chi connectivity index (χ2v) is 5.61. The van der Waals surface area contributed by atoms with Crippen LogP contribution in [-0.2, 0) is 11.3 Å². The first-order chi connectivity index (χ1) is 9.99. The van der Waals surface area contributed by atoms with Crippen LogP contribution in [-0.4, -0.2) is 41.3 Å². The molecule has 1 rings (SSSR count). The number of hydrogen-bond acceptors (Lipinski definition) is 5. The monoisotopic (exact) mass is 315 g/mol. The van der Waals surface area contributed by atoms with Crippen molar-refractivity contribution in [3.63, 3.8) is 0 Å². The molecule has 0 aliphatic rings. The summed E-state index contributed by atoms with van der Waals surface area (Å²) in [5.41, 5.74) is 0.00219. The quantitative estimate of drug-likeness (QED) is 0.604. The van der Waals surface area contributed by atoms with Crippen LogP contribution in [0.5, 0.6) is 0 Å². The molecule has 0 unspecified atom stereocenters. The molecule has 118 valence electrons. The predicted molar refractivity (Wildman–Crippen MR) is 79.6 cm³/mol. The summed E-state index contributed by atoms with van der Waals surface area (Å²) in [6.45, 7) is 5.46. The number of urea groups is 1. The molecule has 8 heteroatoms. The van der Waals surface area contributed by atoms with Gasteiger partial charge in [-0.25, -0.2) is 14.6 Å². The van der Waals surface area contributed by atoms with E-state index in [1.807, 2.05) is 13.8 Å². The zero-order valence-electron chi connectivity index (χ0n) is 12.2. The number of carbonyl (C=O) groups excluding carboxylic acids is 1. The number of hydrogen-bond donors (Lipinski definition) is 3. The molecule has 2 amide bonds. The van der Waals surface area contributed by atoms with Gasteiger partial charge in [0, 0.05) is 18.5 Å². The number of nitrogens with zero attached hydrogens (tertiary/aromatic N) is 1. The summed E-state index contributed by atoms with van der Waals surface area (Å²) in [7, 11) is 0. The normalized spacial score (nSPS) is 10.6. The largest absolute Gasteiger partial charge is 0.476 e. The highest BCUT2D eigenvalue weighted by Gasteiger charge is 2.09. The Morgan fingerprint density at radius 2 is 2.14 bits per heavy atom. The third-order valence-electron chi connectivity index (χ3n) is 2.48. The van der Waals surface area contributed by atoms with Gasteiger partial charge in [0.15, 0.2) is 5.69 Å². The maximum absolute atomic E-state index is 11.5. The Morgan fingerprint density at radius 3 is 2.76 bits per heavy atom. The Kier molecular flexibility index (Phi) is 7.70. The SMILES string of the molecule is CC(C)OCCCCNC(=O)NCc1nc(C(=O)O)cs1. The molecule has 0 spiro atoms. The number of unbranched alkanes of at least 4 members (excludes halogenated alkanes) is 1. The lowest BCUT2D eigenvalue weighted by Gasteiger charge is -2.08. The van der Waals surface area contributed by atoms with Crippen LogP contribution in [0.25, 0.3) is 0 Å². The highest BCUT2D eigenvalue weighted by Crippen LogP contribution is 2.09. The molecule has 0 aromatic carbocycles. The Bertz CT molecular complexity index is 462. The first-order valence-electron chi connectivity index (χ1n) is 6.80. The van der Waals surface area contributed by atoms with Gasteiger partial charge in [-0.1, -0.05) is 0 Å². The maximum Gasteiger partial charge on any atom is 0.355 e. The second kappa shape index (κ2) is 9.30. The minimum Gasteiger partial charge on any atom is -0.476 e. The highest BCUT2D eigenvalue weighted by molar-refractivity contribution is 7.09. The van der Waals surface area contributed by atoms with Crippen molar-refractivity contribution in [1.82, 2.24) is 15.6 Å². The molecule has 7 nitrogen and oxygen atoms in total. The predicted octanol–water partition coefficient (Wildman–Crippen LogP) is 1.85. The summed E-state index contributed by atoms with van der Waals surface area (Å²) in [5, 5.41) is 16.1. The summed E-state index contributed by atoms with van der Waals surface area (Å²) in [5.74, 6) is -1.06. The van der Waals surface area contributed by atoms with Gasteiger partial charge < -0.3 is 20.5 Å². The number of amides is 2. The third kappa shape index (κ3) is 7.62. The van der Waals surface area contributed by atoms with E-state index in [0.717, 1.165) is 12.8 Å². The highest BCUT2D eigenvalue weighted by atomic mass is 32.1. The molecule has 0 bridgehead atoms. The van der Waals surface area contributed by atoms with Crippen molar-refractivity contribution in [2.75, 3.05) is 13.2 Å². The number of aromatic nitrogens is 1. The fraction of sp³-hybridized carbons (Fsp3) is 0.615. The summed E-state index contributed by atoms with van der Waals surface area (Å²) < 4.78 is 5.39. The van der Waals surface area contributed by atoms with Gasteiger partial charge in [-0.3, -0.25) is 0 Å². The molecule has 0 saturated carbocycles. The van der Waals surface area contributed by atoms with Crippen molar-refractivity contribution >= 4 is 23.3 Å².